The van der Waals surface area contributed by atoms with E-state index in [2.05, 4.69) is 20.6 Å². The molecular weight excluding hydrogens is 472 g/mol. The summed E-state index contributed by atoms with van der Waals surface area (Å²) in [6.07, 6.45) is 5.26. The number of amides is 2. The Hall–Kier alpha value is -4.65. The van der Waals surface area contributed by atoms with Crippen LogP contribution in [0.3, 0.4) is 0 Å². The summed E-state index contributed by atoms with van der Waals surface area (Å²) in [5, 5.41) is 33.6. The van der Waals surface area contributed by atoms with E-state index in [0.717, 1.165) is 12.3 Å². The Bertz CT molecular complexity index is 1260. The molecule has 0 fully saturated rings. The van der Waals surface area contributed by atoms with E-state index >= 15 is 0 Å². The molecule has 36 heavy (non-hydrogen) atoms. The highest BCUT2D eigenvalue weighted by Crippen LogP contribution is 2.12. The lowest BCUT2D eigenvalue weighted by atomic mass is 10.0. The highest BCUT2D eigenvalue weighted by Gasteiger charge is 2.29. The van der Waals surface area contributed by atoms with Crippen LogP contribution in [0.5, 0.6) is 11.5 Å². The van der Waals surface area contributed by atoms with Crippen LogP contribution in [0.15, 0.2) is 60.0 Å². The van der Waals surface area contributed by atoms with Crippen molar-refractivity contribution >= 4 is 17.8 Å². The van der Waals surface area contributed by atoms with Crippen LogP contribution in [0, 0.1) is 0 Å². The number of nitrogens with one attached hydrogen (secondary N) is 3. The van der Waals surface area contributed by atoms with E-state index in [-0.39, 0.29) is 25.1 Å². The predicted octanol–water partition coefficient (Wildman–Crippen LogP) is -1.15. The summed E-state index contributed by atoms with van der Waals surface area (Å²) in [4.78, 5) is 55.7. The van der Waals surface area contributed by atoms with Crippen LogP contribution in [-0.4, -0.2) is 65.8 Å². The van der Waals surface area contributed by atoms with Gasteiger partial charge < -0.3 is 41.2 Å². The van der Waals surface area contributed by atoms with Gasteiger partial charge in [-0.25, -0.2) is 9.78 Å². The molecule has 2 amide bonds. The molecule has 0 aliphatic heterocycles. The van der Waals surface area contributed by atoms with Gasteiger partial charge in [-0.1, -0.05) is 12.1 Å². The van der Waals surface area contributed by atoms with Crippen molar-refractivity contribution in [3.63, 3.8) is 0 Å². The highest BCUT2D eigenvalue weighted by atomic mass is 16.4. The van der Waals surface area contributed by atoms with Crippen LogP contribution < -0.4 is 21.8 Å². The van der Waals surface area contributed by atoms with E-state index < -0.39 is 47.1 Å². The fourth-order valence-electron chi connectivity index (χ4n) is 3.38. The van der Waals surface area contributed by atoms with Crippen molar-refractivity contribution in [2.24, 2.45) is 5.73 Å². The van der Waals surface area contributed by atoms with Crippen molar-refractivity contribution in [3.05, 3.63) is 76.7 Å². The number of carboxylic acid groups (broad SMARTS) is 1. The lowest BCUT2D eigenvalue weighted by Crippen LogP contribution is -2.56. The number of aromatic hydroxyl groups is 2. The fourth-order valence-corrected chi connectivity index (χ4v) is 3.38. The fraction of sp³-hybridized carbons (Fsp3) is 0.261. The van der Waals surface area contributed by atoms with Gasteiger partial charge in [-0.2, -0.15) is 0 Å². The molecule has 2 aromatic heterocycles. The summed E-state index contributed by atoms with van der Waals surface area (Å²) in [5.74, 6) is -3.23. The third-order valence-corrected chi connectivity index (χ3v) is 5.30. The summed E-state index contributed by atoms with van der Waals surface area (Å²) in [7, 11) is 0. The second-order valence-corrected chi connectivity index (χ2v) is 8.11. The Kier molecular flexibility index (Phi) is 8.41. The Balaban J connectivity index is 1.71. The van der Waals surface area contributed by atoms with Crippen LogP contribution in [0.2, 0.25) is 0 Å². The molecule has 0 bridgehead atoms. The van der Waals surface area contributed by atoms with Gasteiger partial charge in [0.25, 0.3) is 0 Å². The van der Waals surface area contributed by atoms with Crippen molar-refractivity contribution in [2.45, 2.75) is 37.5 Å². The number of carbonyl (C=O) groups excluding carboxylic acids is 2. The number of aromatic nitrogens is 3. The monoisotopic (exact) mass is 498 g/mol. The SMILES string of the molecule is NC(Cn1ccc(=O)c(O)c1)C(=O)N[C@@H](Cc1cnc[nH]1)C(=O)N[C@@H](Cc1ccc(O)cc1)C(=O)O. The van der Waals surface area contributed by atoms with Crippen molar-refractivity contribution in [2.75, 3.05) is 0 Å². The summed E-state index contributed by atoms with van der Waals surface area (Å²) in [5.41, 5.74) is 6.47. The Morgan fingerprint density at radius 3 is 2.33 bits per heavy atom. The van der Waals surface area contributed by atoms with Crippen LogP contribution in [0.4, 0.5) is 0 Å². The lowest BCUT2D eigenvalue weighted by Gasteiger charge is -2.23. The minimum Gasteiger partial charge on any atom is -0.508 e. The Labute approximate surface area is 204 Å². The maximum atomic E-state index is 13.0. The number of carboxylic acids is 1. The van der Waals surface area contributed by atoms with Gasteiger partial charge in [0.15, 0.2) is 5.75 Å². The first-order chi connectivity index (χ1) is 17.1. The van der Waals surface area contributed by atoms with Gasteiger partial charge in [0.2, 0.25) is 17.2 Å². The topological polar surface area (TPSA) is 213 Å². The average Bonchev–Trinajstić information content (AvgIpc) is 3.35. The van der Waals surface area contributed by atoms with E-state index in [4.69, 9.17) is 5.73 Å². The molecule has 0 aliphatic carbocycles. The minimum absolute atomic E-state index is 0.0191. The predicted molar refractivity (Wildman–Crippen MR) is 126 cm³/mol. The minimum atomic E-state index is -1.30. The normalized spacial score (nSPS) is 13.4. The second-order valence-electron chi connectivity index (χ2n) is 8.11. The average molecular weight is 498 g/mol. The first-order valence-electron chi connectivity index (χ1n) is 10.9. The number of benzene rings is 1. The molecule has 0 spiro atoms. The second kappa shape index (κ2) is 11.7. The number of nitrogens with two attached hydrogens (primary N) is 1. The molecule has 2 heterocycles. The summed E-state index contributed by atoms with van der Waals surface area (Å²) in [6.45, 7) is -0.101. The third kappa shape index (κ3) is 7.17. The number of nitrogens with zero attached hydrogens (tertiary/aromatic N) is 2. The van der Waals surface area contributed by atoms with Gasteiger partial charge in [-0.15, -0.1) is 0 Å². The van der Waals surface area contributed by atoms with E-state index in [1.54, 1.807) is 0 Å². The Morgan fingerprint density at radius 2 is 1.72 bits per heavy atom. The van der Waals surface area contributed by atoms with Gasteiger partial charge in [0.1, 0.15) is 23.9 Å². The van der Waals surface area contributed by atoms with Crippen LogP contribution >= 0.6 is 0 Å². The molecule has 0 radical (unpaired) electrons. The van der Waals surface area contributed by atoms with Crippen LogP contribution in [0.25, 0.3) is 0 Å². The molecule has 13 nitrogen and oxygen atoms in total. The van der Waals surface area contributed by atoms with E-state index in [9.17, 15) is 34.5 Å². The lowest BCUT2D eigenvalue weighted by molar-refractivity contribution is -0.142. The van der Waals surface area contributed by atoms with Crippen molar-refractivity contribution < 1.29 is 29.7 Å². The number of pyridine rings is 1. The molecular formula is C23H26N6O7. The smallest absolute Gasteiger partial charge is 0.326 e. The molecule has 1 aromatic carbocycles. The number of carbonyl (C=O) groups is 3. The standard InChI is InChI=1S/C23H26N6O7/c24-16(10-29-6-5-19(31)20(32)11-29)21(33)27-17(8-14-9-25-12-26-14)22(34)28-18(23(35)36)7-13-1-3-15(30)4-2-13/h1-6,9,11-12,16-18,30,32H,7-8,10,24H2,(H,25,26)(H,27,33)(H,28,34)(H,35,36)/t16?,17-,18-/m0/s1. The first-order valence-corrected chi connectivity index (χ1v) is 10.9. The van der Waals surface area contributed by atoms with E-state index in [1.165, 1.54) is 47.6 Å². The number of hydrogen-bond donors (Lipinski definition) is 7. The number of aromatic amines is 1. The van der Waals surface area contributed by atoms with Gasteiger partial charge in [-0.05, 0) is 17.7 Å². The molecule has 3 atom stereocenters. The van der Waals surface area contributed by atoms with Crippen molar-refractivity contribution in [3.8, 4) is 11.5 Å². The largest absolute Gasteiger partial charge is 0.508 e. The quantitative estimate of drug-likeness (QED) is 0.170. The zero-order valence-electron chi connectivity index (χ0n) is 19.0. The zero-order valence-corrected chi connectivity index (χ0v) is 19.0. The molecule has 190 valence electrons. The molecule has 3 aromatic rings. The first kappa shape index (κ1) is 26.0. The van der Waals surface area contributed by atoms with Gasteiger partial charge in [-0.3, -0.25) is 14.4 Å². The van der Waals surface area contributed by atoms with Crippen LogP contribution in [0.1, 0.15) is 11.3 Å². The van der Waals surface area contributed by atoms with Gasteiger partial charge in [0.05, 0.1) is 6.33 Å². The number of rotatable bonds is 11. The molecule has 3 rings (SSSR count). The number of aliphatic carboxylic acids is 1. The molecule has 1 unspecified atom stereocenters. The number of H-pyrrole nitrogens is 1. The molecule has 8 N–H and O–H groups in total. The Morgan fingerprint density at radius 1 is 1.03 bits per heavy atom. The van der Waals surface area contributed by atoms with Crippen molar-refractivity contribution in [1.29, 1.82) is 0 Å². The zero-order chi connectivity index (χ0) is 26.2. The molecule has 0 saturated heterocycles. The number of phenols is 1. The third-order valence-electron chi connectivity index (χ3n) is 5.30. The summed E-state index contributed by atoms with van der Waals surface area (Å²) < 4.78 is 1.35. The molecule has 0 aliphatic rings. The summed E-state index contributed by atoms with van der Waals surface area (Å²) >= 11 is 0. The number of hydrogen-bond acceptors (Lipinski definition) is 8. The van der Waals surface area contributed by atoms with E-state index in [1.807, 2.05) is 0 Å². The number of phenolic OH excluding ortho intramolecular Hbond substituents is 1. The highest BCUT2D eigenvalue weighted by molar-refractivity contribution is 5.92. The summed E-state index contributed by atoms with van der Waals surface area (Å²) in [6, 6.07) is 3.35. The molecule has 0 saturated carbocycles. The molecule has 13 heteroatoms. The van der Waals surface area contributed by atoms with Gasteiger partial charge in [0, 0.05) is 49.7 Å². The van der Waals surface area contributed by atoms with Crippen LogP contribution in [-0.2, 0) is 33.8 Å². The number of imidazole rings is 1. The van der Waals surface area contributed by atoms with Crippen molar-refractivity contribution in [1.82, 2.24) is 25.2 Å². The maximum absolute atomic E-state index is 13.0. The van der Waals surface area contributed by atoms with E-state index in [0.29, 0.717) is 11.3 Å². The maximum Gasteiger partial charge on any atom is 0.326 e. The van der Waals surface area contributed by atoms with Gasteiger partial charge >= 0.3 is 5.97 Å².